The van der Waals surface area contributed by atoms with Crippen LogP contribution in [0.1, 0.15) is 0 Å². The van der Waals surface area contributed by atoms with Gasteiger partial charge in [-0.2, -0.15) is 0 Å². The minimum atomic E-state index is 0.630. The summed E-state index contributed by atoms with van der Waals surface area (Å²) in [5.74, 6) is 1.92. The molecule has 0 bridgehead atoms. The first-order chi connectivity index (χ1) is 23.7. The minimum Gasteiger partial charge on any atom is -0.238 e. The van der Waals surface area contributed by atoms with Crippen LogP contribution in [0.5, 0.6) is 0 Å². The van der Waals surface area contributed by atoms with E-state index in [2.05, 4.69) is 89.8 Å². The molecule has 0 radical (unpaired) electrons. The predicted molar refractivity (Wildman–Crippen MR) is 196 cm³/mol. The Morgan fingerprint density at radius 1 is 0.375 bits per heavy atom. The van der Waals surface area contributed by atoms with Crippen molar-refractivity contribution in [3.63, 3.8) is 0 Å². The van der Waals surface area contributed by atoms with E-state index in [0.717, 1.165) is 44.5 Å². The lowest BCUT2D eigenvalue weighted by Crippen LogP contribution is -2.00. The Morgan fingerprint density at radius 2 is 0.875 bits per heavy atom. The van der Waals surface area contributed by atoms with E-state index >= 15 is 0 Å². The van der Waals surface area contributed by atoms with Crippen molar-refractivity contribution >= 4 is 16.5 Å². The molecule has 224 valence electrons. The van der Waals surface area contributed by atoms with Crippen molar-refractivity contribution in [2.45, 2.75) is 0 Å². The van der Waals surface area contributed by atoms with E-state index in [1.807, 2.05) is 84.9 Å². The maximum Gasteiger partial charge on any atom is 0.187 e. The molecule has 4 heteroatoms. The molecule has 0 saturated heterocycles. The highest BCUT2D eigenvalue weighted by molar-refractivity contribution is 6.04. The van der Waals surface area contributed by atoms with Crippen molar-refractivity contribution in [1.82, 2.24) is 15.0 Å². The van der Waals surface area contributed by atoms with Gasteiger partial charge in [-0.1, -0.05) is 164 Å². The lowest BCUT2D eigenvalue weighted by Gasteiger charge is -2.15. The smallest absolute Gasteiger partial charge is 0.187 e. The average molecular weight is 613 g/mol. The van der Waals surface area contributed by atoms with Crippen molar-refractivity contribution in [2.75, 3.05) is 0 Å². The van der Waals surface area contributed by atoms with E-state index in [1.54, 1.807) is 0 Å². The minimum absolute atomic E-state index is 0.630. The summed E-state index contributed by atoms with van der Waals surface area (Å²) >= 11 is 0. The van der Waals surface area contributed by atoms with E-state index in [0.29, 0.717) is 23.2 Å². The Kier molecular flexibility index (Phi) is 7.54. The SMILES string of the molecule is [C-]#[N+]c1cccc(-c2ccc(-c3c(-c4ccc(-c5nc(-c6ccccc6)nc(-c6ccccc6)n5)cc4)ccc4ccccc34)cc2)c1. The zero-order chi connectivity index (χ0) is 32.3. The summed E-state index contributed by atoms with van der Waals surface area (Å²) in [4.78, 5) is 18.3. The van der Waals surface area contributed by atoms with Gasteiger partial charge in [-0.05, 0) is 50.2 Å². The molecule has 0 amide bonds. The van der Waals surface area contributed by atoms with Gasteiger partial charge < -0.3 is 0 Å². The molecule has 8 rings (SSSR count). The number of aromatic nitrogens is 3. The summed E-state index contributed by atoms with van der Waals surface area (Å²) in [6, 6.07) is 57.9. The molecule has 0 aliphatic carbocycles. The van der Waals surface area contributed by atoms with E-state index in [1.165, 1.54) is 16.3 Å². The maximum absolute atomic E-state index is 7.40. The van der Waals surface area contributed by atoms with Crippen LogP contribution in [0.4, 0.5) is 5.69 Å². The maximum atomic E-state index is 7.40. The molecule has 0 fully saturated rings. The normalized spacial score (nSPS) is 10.9. The van der Waals surface area contributed by atoms with Crippen molar-refractivity contribution < 1.29 is 0 Å². The van der Waals surface area contributed by atoms with Crippen LogP contribution in [0.3, 0.4) is 0 Å². The van der Waals surface area contributed by atoms with Gasteiger partial charge in [0.05, 0.1) is 6.57 Å². The van der Waals surface area contributed by atoms with Gasteiger partial charge in [-0.3, -0.25) is 0 Å². The van der Waals surface area contributed by atoms with Gasteiger partial charge in [0, 0.05) is 16.7 Å². The molecule has 1 heterocycles. The first-order valence-electron chi connectivity index (χ1n) is 15.8. The first-order valence-corrected chi connectivity index (χ1v) is 15.8. The van der Waals surface area contributed by atoms with E-state index in [9.17, 15) is 0 Å². The topological polar surface area (TPSA) is 43.0 Å². The molecule has 0 aliphatic heterocycles. The highest BCUT2D eigenvalue weighted by Crippen LogP contribution is 2.39. The Bertz CT molecular complexity index is 2370. The molecule has 0 unspecified atom stereocenters. The second-order valence-corrected chi connectivity index (χ2v) is 11.6. The Hall–Kier alpha value is -6.70. The number of fused-ring (bicyclic) bond motifs is 1. The Morgan fingerprint density at radius 3 is 1.50 bits per heavy atom. The summed E-state index contributed by atoms with van der Waals surface area (Å²) in [5, 5.41) is 2.38. The molecule has 48 heavy (non-hydrogen) atoms. The molecule has 7 aromatic carbocycles. The highest BCUT2D eigenvalue weighted by Gasteiger charge is 2.15. The molecule has 0 atom stereocenters. The summed E-state index contributed by atoms with van der Waals surface area (Å²) in [7, 11) is 0. The van der Waals surface area contributed by atoms with Gasteiger partial charge in [0.15, 0.2) is 23.2 Å². The molecule has 0 N–H and O–H groups in total. The molecular formula is C44H28N4. The second-order valence-electron chi connectivity index (χ2n) is 11.6. The van der Waals surface area contributed by atoms with Crippen LogP contribution in [0, 0.1) is 6.57 Å². The predicted octanol–water partition coefficient (Wildman–Crippen LogP) is 11.6. The second kappa shape index (κ2) is 12.6. The summed E-state index contributed by atoms with van der Waals surface area (Å²) in [5.41, 5.74) is 10.1. The van der Waals surface area contributed by atoms with Gasteiger partial charge in [-0.15, -0.1) is 0 Å². The van der Waals surface area contributed by atoms with Crippen molar-refractivity contribution in [3.05, 3.63) is 181 Å². The van der Waals surface area contributed by atoms with Crippen LogP contribution in [0.2, 0.25) is 0 Å². The summed E-state index contributed by atoms with van der Waals surface area (Å²) in [6.07, 6.45) is 0. The Balaban J connectivity index is 1.21. The standard InChI is InChI=1S/C44H28N4/c1-45-38-17-10-16-37(29-38)30-19-23-33(24-20-30)41-39-18-9-8-11-31(39)27-28-40(41)32-21-25-36(26-22-32)44-47-42(34-12-4-2-5-13-34)46-43(48-44)35-14-6-3-7-15-35/h2-29H. The fourth-order valence-electron chi connectivity index (χ4n) is 6.14. The van der Waals surface area contributed by atoms with Crippen molar-refractivity contribution in [1.29, 1.82) is 0 Å². The average Bonchev–Trinajstić information content (AvgIpc) is 3.18. The van der Waals surface area contributed by atoms with Gasteiger partial charge in [-0.25, -0.2) is 19.8 Å². The summed E-state index contributed by atoms with van der Waals surface area (Å²) < 4.78 is 0. The lowest BCUT2D eigenvalue weighted by atomic mass is 9.89. The molecule has 1 aromatic heterocycles. The lowest BCUT2D eigenvalue weighted by molar-refractivity contribution is 1.07. The molecule has 8 aromatic rings. The highest BCUT2D eigenvalue weighted by atomic mass is 15.0. The molecular weight excluding hydrogens is 585 g/mol. The number of nitrogens with zero attached hydrogens (tertiary/aromatic N) is 4. The van der Waals surface area contributed by atoms with Gasteiger partial charge in [0.1, 0.15) is 0 Å². The van der Waals surface area contributed by atoms with Crippen LogP contribution in [0.15, 0.2) is 170 Å². The van der Waals surface area contributed by atoms with E-state index in [4.69, 9.17) is 21.5 Å². The fourth-order valence-corrected chi connectivity index (χ4v) is 6.14. The third-order valence-corrected chi connectivity index (χ3v) is 8.56. The van der Waals surface area contributed by atoms with Crippen LogP contribution in [0.25, 0.3) is 83.2 Å². The molecule has 0 saturated carbocycles. The van der Waals surface area contributed by atoms with E-state index < -0.39 is 0 Å². The molecule has 0 aliphatic rings. The van der Waals surface area contributed by atoms with Crippen molar-refractivity contribution in [2.24, 2.45) is 0 Å². The number of rotatable bonds is 6. The van der Waals surface area contributed by atoms with Gasteiger partial charge in [0.2, 0.25) is 0 Å². The zero-order valence-electron chi connectivity index (χ0n) is 26.0. The van der Waals surface area contributed by atoms with Crippen LogP contribution >= 0.6 is 0 Å². The fraction of sp³-hybridized carbons (Fsp3) is 0. The van der Waals surface area contributed by atoms with Crippen LogP contribution < -0.4 is 0 Å². The number of hydrogen-bond donors (Lipinski definition) is 0. The van der Waals surface area contributed by atoms with Crippen LogP contribution in [-0.4, -0.2) is 15.0 Å². The first kappa shape index (κ1) is 28.8. The van der Waals surface area contributed by atoms with Gasteiger partial charge in [0.25, 0.3) is 0 Å². The largest absolute Gasteiger partial charge is 0.238 e. The Labute approximate surface area is 279 Å². The summed E-state index contributed by atoms with van der Waals surface area (Å²) in [6.45, 7) is 7.40. The quantitative estimate of drug-likeness (QED) is 0.175. The number of benzene rings is 7. The van der Waals surface area contributed by atoms with Crippen LogP contribution in [-0.2, 0) is 0 Å². The monoisotopic (exact) mass is 612 g/mol. The van der Waals surface area contributed by atoms with E-state index in [-0.39, 0.29) is 0 Å². The zero-order valence-corrected chi connectivity index (χ0v) is 26.0. The van der Waals surface area contributed by atoms with Crippen molar-refractivity contribution in [3.8, 4) is 67.5 Å². The molecule has 0 spiro atoms. The number of hydrogen-bond acceptors (Lipinski definition) is 3. The third kappa shape index (κ3) is 5.62. The van der Waals surface area contributed by atoms with Gasteiger partial charge >= 0.3 is 0 Å². The molecule has 4 nitrogen and oxygen atoms in total. The third-order valence-electron chi connectivity index (χ3n) is 8.56.